The van der Waals surface area contributed by atoms with Crippen molar-refractivity contribution in [3.63, 3.8) is 0 Å². The molecule has 2 N–H and O–H groups in total. The second-order valence-electron chi connectivity index (χ2n) is 5.97. The lowest BCUT2D eigenvalue weighted by Gasteiger charge is -2.10. The molecular weight excluding hydrogens is 308 g/mol. The number of hydrogen-bond donors (Lipinski definition) is 2. The standard InChI is InChI=1S/C19H22N2O.ClH/c1-14-3-2-4-17(11-14)16-7-5-15(6-8-16)12-21-19(22)18-9-10-20-13-18;/h2-8,11,18,20H,9-10,12-13H2,1H3,(H,21,22);1H. The second-order valence-corrected chi connectivity index (χ2v) is 5.97. The Morgan fingerprint density at radius 3 is 2.61 bits per heavy atom. The molecule has 1 atom stereocenters. The van der Waals surface area contributed by atoms with Crippen LogP contribution in [-0.4, -0.2) is 19.0 Å². The predicted octanol–water partition coefficient (Wildman–Crippen LogP) is 3.31. The Balaban J connectivity index is 0.00000192. The fourth-order valence-electron chi connectivity index (χ4n) is 2.85. The average molecular weight is 331 g/mol. The molecular formula is C19H23ClN2O. The van der Waals surface area contributed by atoms with Crippen LogP contribution in [0.1, 0.15) is 17.5 Å². The first kappa shape index (κ1) is 17.5. The van der Waals surface area contributed by atoms with E-state index in [1.165, 1.54) is 16.7 Å². The van der Waals surface area contributed by atoms with E-state index in [0.717, 1.165) is 25.1 Å². The lowest BCUT2D eigenvalue weighted by atomic mass is 10.0. The fraction of sp³-hybridized carbons (Fsp3) is 0.316. The molecule has 0 spiro atoms. The number of amides is 1. The van der Waals surface area contributed by atoms with Crippen LogP contribution in [0.5, 0.6) is 0 Å². The topological polar surface area (TPSA) is 41.1 Å². The van der Waals surface area contributed by atoms with Gasteiger partial charge in [0.15, 0.2) is 0 Å². The van der Waals surface area contributed by atoms with Crippen LogP contribution in [0.4, 0.5) is 0 Å². The molecule has 0 radical (unpaired) electrons. The smallest absolute Gasteiger partial charge is 0.224 e. The van der Waals surface area contributed by atoms with Crippen LogP contribution in [0, 0.1) is 12.8 Å². The van der Waals surface area contributed by atoms with Crippen molar-refractivity contribution in [1.82, 2.24) is 10.6 Å². The Hall–Kier alpha value is -1.84. The van der Waals surface area contributed by atoms with E-state index in [0.29, 0.717) is 6.54 Å². The lowest BCUT2D eigenvalue weighted by Crippen LogP contribution is -2.31. The van der Waals surface area contributed by atoms with Gasteiger partial charge in [0.2, 0.25) is 5.91 Å². The molecule has 3 nitrogen and oxygen atoms in total. The summed E-state index contributed by atoms with van der Waals surface area (Å²) >= 11 is 0. The molecule has 1 heterocycles. The minimum Gasteiger partial charge on any atom is -0.352 e. The number of aryl methyl sites for hydroxylation is 1. The van der Waals surface area contributed by atoms with Gasteiger partial charge in [-0.2, -0.15) is 0 Å². The van der Waals surface area contributed by atoms with Gasteiger partial charge in [-0.3, -0.25) is 4.79 Å². The second kappa shape index (κ2) is 8.14. The highest BCUT2D eigenvalue weighted by atomic mass is 35.5. The highest BCUT2D eigenvalue weighted by Gasteiger charge is 2.21. The zero-order chi connectivity index (χ0) is 15.4. The summed E-state index contributed by atoms with van der Waals surface area (Å²) in [6, 6.07) is 16.9. The van der Waals surface area contributed by atoms with Crippen LogP contribution >= 0.6 is 12.4 Å². The van der Waals surface area contributed by atoms with Gasteiger partial charge in [-0.05, 0) is 36.6 Å². The minimum absolute atomic E-state index is 0. The highest BCUT2D eigenvalue weighted by Crippen LogP contribution is 2.20. The number of hydrogen-bond acceptors (Lipinski definition) is 2. The number of nitrogens with one attached hydrogen (secondary N) is 2. The van der Waals surface area contributed by atoms with E-state index in [1.807, 2.05) is 0 Å². The maximum atomic E-state index is 12.0. The Bertz CT molecular complexity index is 649. The van der Waals surface area contributed by atoms with Crippen LogP contribution < -0.4 is 10.6 Å². The Kier molecular flexibility index (Phi) is 6.20. The summed E-state index contributed by atoms with van der Waals surface area (Å²) in [6.45, 7) is 4.45. The first-order chi connectivity index (χ1) is 10.7. The minimum atomic E-state index is 0. The lowest BCUT2D eigenvalue weighted by molar-refractivity contribution is -0.124. The van der Waals surface area contributed by atoms with Gasteiger partial charge in [-0.1, -0.05) is 54.1 Å². The molecule has 1 fully saturated rings. The third-order valence-electron chi connectivity index (χ3n) is 4.20. The maximum Gasteiger partial charge on any atom is 0.224 e. The van der Waals surface area contributed by atoms with Crippen molar-refractivity contribution in [2.24, 2.45) is 5.92 Å². The molecule has 122 valence electrons. The molecule has 1 aliphatic rings. The SMILES string of the molecule is Cc1cccc(-c2ccc(CNC(=O)C3CCNC3)cc2)c1.Cl. The van der Waals surface area contributed by atoms with Gasteiger partial charge in [-0.15, -0.1) is 12.4 Å². The Morgan fingerprint density at radius 1 is 1.17 bits per heavy atom. The molecule has 1 saturated heterocycles. The van der Waals surface area contributed by atoms with Crippen molar-refractivity contribution in [3.05, 3.63) is 59.7 Å². The summed E-state index contributed by atoms with van der Waals surface area (Å²) in [5.74, 6) is 0.291. The molecule has 23 heavy (non-hydrogen) atoms. The molecule has 0 aromatic heterocycles. The first-order valence-corrected chi connectivity index (χ1v) is 7.87. The molecule has 3 rings (SSSR count). The zero-order valence-electron chi connectivity index (χ0n) is 13.3. The van der Waals surface area contributed by atoms with Gasteiger partial charge in [0, 0.05) is 13.1 Å². The molecule has 4 heteroatoms. The molecule has 1 aliphatic heterocycles. The zero-order valence-corrected chi connectivity index (χ0v) is 14.2. The number of rotatable bonds is 4. The van der Waals surface area contributed by atoms with Gasteiger partial charge < -0.3 is 10.6 Å². The molecule has 2 aromatic carbocycles. The first-order valence-electron chi connectivity index (χ1n) is 7.87. The summed E-state index contributed by atoms with van der Waals surface area (Å²) in [7, 11) is 0. The third-order valence-corrected chi connectivity index (χ3v) is 4.20. The number of halogens is 1. The summed E-state index contributed by atoms with van der Waals surface area (Å²) in [6.07, 6.45) is 0.943. The van der Waals surface area contributed by atoms with E-state index in [9.17, 15) is 4.79 Å². The van der Waals surface area contributed by atoms with Crippen molar-refractivity contribution < 1.29 is 4.79 Å². The summed E-state index contributed by atoms with van der Waals surface area (Å²) in [5.41, 5.74) is 4.83. The monoisotopic (exact) mass is 330 g/mol. The van der Waals surface area contributed by atoms with E-state index in [2.05, 4.69) is 66.1 Å². The molecule has 1 unspecified atom stereocenters. The van der Waals surface area contributed by atoms with E-state index < -0.39 is 0 Å². The van der Waals surface area contributed by atoms with Crippen LogP contribution in [0.25, 0.3) is 11.1 Å². The van der Waals surface area contributed by atoms with E-state index in [1.54, 1.807) is 0 Å². The Morgan fingerprint density at radius 2 is 1.96 bits per heavy atom. The van der Waals surface area contributed by atoms with Gasteiger partial charge in [-0.25, -0.2) is 0 Å². The number of carbonyl (C=O) groups is 1. The van der Waals surface area contributed by atoms with Crippen LogP contribution in [-0.2, 0) is 11.3 Å². The fourth-order valence-corrected chi connectivity index (χ4v) is 2.85. The normalized spacial score (nSPS) is 16.7. The van der Waals surface area contributed by atoms with Gasteiger partial charge in [0.25, 0.3) is 0 Å². The molecule has 0 bridgehead atoms. The van der Waals surface area contributed by atoms with Crippen molar-refractivity contribution in [2.45, 2.75) is 19.9 Å². The van der Waals surface area contributed by atoms with Crippen LogP contribution in [0.2, 0.25) is 0 Å². The van der Waals surface area contributed by atoms with Crippen molar-refractivity contribution in [1.29, 1.82) is 0 Å². The van der Waals surface area contributed by atoms with Gasteiger partial charge in [0.1, 0.15) is 0 Å². The largest absolute Gasteiger partial charge is 0.352 e. The highest BCUT2D eigenvalue weighted by molar-refractivity contribution is 5.85. The third kappa shape index (κ3) is 4.57. The quantitative estimate of drug-likeness (QED) is 0.903. The average Bonchev–Trinajstić information content (AvgIpc) is 3.08. The predicted molar refractivity (Wildman–Crippen MR) is 96.7 cm³/mol. The van der Waals surface area contributed by atoms with Gasteiger partial charge in [0.05, 0.1) is 5.92 Å². The number of carbonyl (C=O) groups excluding carboxylic acids is 1. The molecule has 0 saturated carbocycles. The maximum absolute atomic E-state index is 12.0. The van der Waals surface area contributed by atoms with E-state index >= 15 is 0 Å². The summed E-state index contributed by atoms with van der Waals surface area (Å²) < 4.78 is 0. The molecule has 2 aromatic rings. The Labute approximate surface area is 143 Å². The molecule has 1 amide bonds. The van der Waals surface area contributed by atoms with Crippen LogP contribution in [0.15, 0.2) is 48.5 Å². The van der Waals surface area contributed by atoms with Crippen molar-refractivity contribution in [2.75, 3.05) is 13.1 Å². The summed E-state index contributed by atoms with van der Waals surface area (Å²) in [5, 5.41) is 6.25. The van der Waals surface area contributed by atoms with Crippen LogP contribution in [0.3, 0.4) is 0 Å². The van der Waals surface area contributed by atoms with Crippen molar-refractivity contribution >= 4 is 18.3 Å². The summed E-state index contributed by atoms with van der Waals surface area (Å²) in [4.78, 5) is 12.0. The number of benzene rings is 2. The van der Waals surface area contributed by atoms with E-state index in [4.69, 9.17) is 0 Å². The van der Waals surface area contributed by atoms with E-state index in [-0.39, 0.29) is 24.2 Å². The van der Waals surface area contributed by atoms with Crippen molar-refractivity contribution in [3.8, 4) is 11.1 Å². The van der Waals surface area contributed by atoms with Gasteiger partial charge >= 0.3 is 0 Å². The molecule has 0 aliphatic carbocycles.